The summed E-state index contributed by atoms with van der Waals surface area (Å²) in [6.07, 6.45) is -1.19. The average molecular weight is 421 g/mol. The fraction of sp³-hybridized carbons (Fsp3) is 0. The van der Waals surface area contributed by atoms with Crippen LogP contribution in [0.25, 0.3) is 27.9 Å². The molecule has 2 aromatic carbocycles. The Morgan fingerprint density at radius 2 is 1.93 bits per heavy atom. The predicted molar refractivity (Wildman–Crippen MR) is 108 cm³/mol. The van der Waals surface area contributed by atoms with E-state index in [0.717, 1.165) is 10.5 Å². The minimum Gasteiger partial charge on any atom is -0.465 e. The zero-order chi connectivity index (χ0) is 20.7. The van der Waals surface area contributed by atoms with Gasteiger partial charge in [-0.05, 0) is 66.4 Å². The Morgan fingerprint density at radius 3 is 2.73 bits per heavy atom. The highest BCUT2D eigenvalue weighted by Gasteiger charge is 2.12. The number of nitrogens with zero attached hydrogens (tertiary/aromatic N) is 5. The van der Waals surface area contributed by atoms with Crippen LogP contribution >= 0.6 is 11.8 Å². The average Bonchev–Trinajstić information content (AvgIpc) is 3.31. The van der Waals surface area contributed by atoms with Crippen molar-refractivity contribution < 1.29 is 14.3 Å². The lowest BCUT2D eigenvalue weighted by Crippen LogP contribution is -2.08. The monoisotopic (exact) mass is 421 g/mol. The first-order valence-corrected chi connectivity index (χ1v) is 9.53. The molecule has 1 amide bonds. The number of hydrogen-bond acceptors (Lipinski definition) is 6. The van der Waals surface area contributed by atoms with Gasteiger partial charge in [-0.2, -0.15) is 9.61 Å². The highest BCUT2D eigenvalue weighted by Crippen LogP contribution is 2.29. The number of hydrogen-bond donors (Lipinski definition) is 3. The van der Waals surface area contributed by atoms with E-state index in [9.17, 15) is 9.18 Å². The molecule has 11 heteroatoms. The molecule has 0 atom stereocenters. The predicted octanol–water partition coefficient (Wildman–Crippen LogP) is 4.05. The molecule has 148 valence electrons. The van der Waals surface area contributed by atoms with Crippen LogP contribution in [0, 0.1) is 5.82 Å². The number of H-pyrrole nitrogens is 1. The zero-order valence-corrected chi connectivity index (χ0v) is 15.9. The van der Waals surface area contributed by atoms with Crippen molar-refractivity contribution in [2.75, 3.05) is 5.32 Å². The van der Waals surface area contributed by atoms with Crippen LogP contribution in [0.4, 0.5) is 15.1 Å². The first-order chi connectivity index (χ1) is 14.5. The summed E-state index contributed by atoms with van der Waals surface area (Å²) < 4.78 is 14.8. The standard InChI is InChI=1S/C19H12FN7O2S/c20-11-3-1-10(2-4-11)13-7-8-16-24-25-18(27(16)26-13)30-12-5-6-14-15(9-12)22-17(21-14)23-19(28)29/h1-9H,(H,28,29)(H2,21,22,23). The summed E-state index contributed by atoms with van der Waals surface area (Å²) in [6.45, 7) is 0. The van der Waals surface area contributed by atoms with E-state index in [1.54, 1.807) is 34.8 Å². The van der Waals surface area contributed by atoms with Gasteiger partial charge in [0.05, 0.1) is 16.7 Å². The van der Waals surface area contributed by atoms with Crippen LogP contribution in [0.1, 0.15) is 0 Å². The maximum atomic E-state index is 13.2. The maximum Gasteiger partial charge on any atom is 0.411 e. The van der Waals surface area contributed by atoms with Crippen LogP contribution in [0.2, 0.25) is 0 Å². The molecule has 9 nitrogen and oxygen atoms in total. The topological polar surface area (TPSA) is 121 Å². The van der Waals surface area contributed by atoms with E-state index in [4.69, 9.17) is 5.11 Å². The van der Waals surface area contributed by atoms with E-state index in [1.165, 1.54) is 23.9 Å². The molecule has 0 aliphatic carbocycles. The van der Waals surface area contributed by atoms with Crippen molar-refractivity contribution >= 4 is 40.5 Å². The van der Waals surface area contributed by atoms with E-state index in [2.05, 4.69) is 30.6 Å². The van der Waals surface area contributed by atoms with E-state index in [1.807, 2.05) is 12.1 Å². The quantitative estimate of drug-likeness (QED) is 0.400. The van der Waals surface area contributed by atoms with Crippen molar-refractivity contribution in [1.29, 1.82) is 0 Å². The van der Waals surface area contributed by atoms with Crippen LogP contribution < -0.4 is 5.32 Å². The molecule has 0 saturated heterocycles. The molecule has 5 rings (SSSR count). The molecule has 0 unspecified atom stereocenters. The summed E-state index contributed by atoms with van der Waals surface area (Å²) in [7, 11) is 0. The van der Waals surface area contributed by atoms with Crippen molar-refractivity contribution in [1.82, 2.24) is 29.8 Å². The second-order valence-electron chi connectivity index (χ2n) is 6.27. The number of benzene rings is 2. The minimum absolute atomic E-state index is 0.151. The van der Waals surface area contributed by atoms with E-state index >= 15 is 0 Å². The SMILES string of the molecule is O=C(O)Nc1nc2ccc(Sc3nnc4ccc(-c5ccc(F)cc5)nn34)cc2[nH]1. The fourth-order valence-corrected chi connectivity index (χ4v) is 3.75. The molecule has 3 N–H and O–H groups in total. The molecule has 0 spiro atoms. The van der Waals surface area contributed by atoms with Crippen molar-refractivity contribution in [3.05, 3.63) is 60.4 Å². The molecule has 3 aromatic heterocycles. The van der Waals surface area contributed by atoms with Gasteiger partial charge in [0, 0.05) is 10.5 Å². The fourth-order valence-electron chi connectivity index (χ4n) is 2.93. The molecule has 0 bridgehead atoms. The van der Waals surface area contributed by atoms with Crippen molar-refractivity contribution in [3.8, 4) is 11.3 Å². The van der Waals surface area contributed by atoms with Gasteiger partial charge in [0.2, 0.25) is 11.1 Å². The Kier molecular flexibility index (Phi) is 4.29. The van der Waals surface area contributed by atoms with Gasteiger partial charge >= 0.3 is 6.09 Å². The Balaban J connectivity index is 1.48. The first kappa shape index (κ1) is 18.1. The maximum absolute atomic E-state index is 13.2. The second kappa shape index (κ2) is 7.12. The third-order valence-corrected chi connectivity index (χ3v) is 5.19. The van der Waals surface area contributed by atoms with Gasteiger partial charge in [0.1, 0.15) is 5.82 Å². The molecular weight excluding hydrogens is 409 g/mol. The number of halogens is 1. The molecule has 30 heavy (non-hydrogen) atoms. The Bertz CT molecular complexity index is 1400. The van der Waals surface area contributed by atoms with Gasteiger partial charge in [-0.3, -0.25) is 5.32 Å². The van der Waals surface area contributed by atoms with Gasteiger partial charge in [-0.25, -0.2) is 14.2 Å². The number of amides is 1. The normalized spacial score (nSPS) is 11.2. The smallest absolute Gasteiger partial charge is 0.411 e. The summed E-state index contributed by atoms with van der Waals surface area (Å²) >= 11 is 1.35. The number of aromatic nitrogens is 6. The summed E-state index contributed by atoms with van der Waals surface area (Å²) in [6, 6.07) is 15.2. The van der Waals surface area contributed by atoms with Crippen molar-refractivity contribution in [2.24, 2.45) is 0 Å². The summed E-state index contributed by atoms with van der Waals surface area (Å²) in [4.78, 5) is 18.7. The van der Waals surface area contributed by atoms with Gasteiger partial charge in [-0.15, -0.1) is 10.2 Å². The Hall–Kier alpha value is -3.99. The number of imidazole rings is 1. The highest BCUT2D eigenvalue weighted by atomic mass is 32.2. The van der Waals surface area contributed by atoms with Gasteiger partial charge in [0.15, 0.2) is 5.65 Å². The van der Waals surface area contributed by atoms with Crippen LogP contribution in [0.5, 0.6) is 0 Å². The molecule has 0 aliphatic rings. The zero-order valence-electron chi connectivity index (χ0n) is 15.1. The van der Waals surface area contributed by atoms with E-state index < -0.39 is 6.09 Å². The van der Waals surface area contributed by atoms with E-state index in [0.29, 0.717) is 27.5 Å². The number of fused-ring (bicyclic) bond motifs is 2. The van der Waals surface area contributed by atoms with Gasteiger partial charge in [-0.1, -0.05) is 0 Å². The number of nitrogens with one attached hydrogen (secondary N) is 2. The van der Waals surface area contributed by atoms with Crippen LogP contribution in [0.3, 0.4) is 0 Å². The molecule has 0 fully saturated rings. The van der Waals surface area contributed by atoms with Crippen molar-refractivity contribution in [3.63, 3.8) is 0 Å². The third-order valence-electron chi connectivity index (χ3n) is 4.26. The number of carbonyl (C=O) groups is 1. The van der Waals surface area contributed by atoms with Crippen molar-refractivity contribution in [2.45, 2.75) is 10.1 Å². The van der Waals surface area contributed by atoms with Gasteiger partial charge < -0.3 is 10.1 Å². The molecule has 0 radical (unpaired) electrons. The van der Waals surface area contributed by atoms with Crippen LogP contribution in [-0.4, -0.2) is 41.0 Å². The first-order valence-electron chi connectivity index (χ1n) is 8.71. The van der Waals surface area contributed by atoms with Gasteiger partial charge in [0.25, 0.3) is 0 Å². The molecular formula is C19H12FN7O2S. The molecule has 0 aliphatic heterocycles. The number of carboxylic acid groups (broad SMARTS) is 1. The molecule has 3 heterocycles. The number of aromatic amines is 1. The lowest BCUT2D eigenvalue weighted by atomic mass is 10.1. The number of rotatable bonds is 4. The Morgan fingerprint density at radius 1 is 1.10 bits per heavy atom. The Labute approximate surface area is 172 Å². The van der Waals surface area contributed by atoms with Crippen LogP contribution in [-0.2, 0) is 0 Å². The number of anilines is 1. The largest absolute Gasteiger partial charge is 0.465 e. The van der Waals surface area contributed by atoms with Crippen LogP contribution in [0.15, 0.2) is 64.6 Å². The summed E-state index contributed by atoms with van der Waals surface area (Å²) in [5.41, 5.74) is 3.33. The molecule has 5 aromatic rings. The minimum atomic E-state index is -1.19. The summed E-state index contributed by atoms with van der Waals surface area (Å²) in [5, 5.41) is 24.5. The third kappa shape index (κ3) is 3.42. The molecule has 0 saturated carbocycles. The second-order valence-corrected chi connectivity index (χ2v) is 7.32. The van der Waals surface area contributed by atoms with E-state index in [-0.39, 0.29) is 11.8 Å². The summed E-state index contributed by atoms with van der Waals surface area (Å²) in [5.74, 6) is -0.158. The lowest BCUT2D eigenvalue weighted by molar-refractivity contribution is 0.209. The highest BCUT2D eigenvalue weighted by molar-refractivity contribution is 7.99. The lowest BCUT2D eigenvalue weighted by Gasteiger charge is -2.03.